The minimum atomic E-state index is -0.0487. The van der Waals surface area contributed by atoms with E-state index in [1.807, 2.05) is 13.0 Å². The second-order valence-electron chi connectivity index (χ2n) is 4.85. The number of cyclic esters (lactones) is 1. The van der Waals surface area contributed by atoms with Gasteiger partial charge in [0.2, 0.25) is 0 Å². The zero-order valence-corrected chi connectivity index (χ0v) is 10.6. The van der Waals surface area contributed by atoms with E-state index in [2.05, 4.69) is 31.2 Å². The molecule has 1 fully saturated rings. The van der Waals surface area contributed by atoms with Gasteiger partial charge in [0.1, 0.15) is 6.10 Å². The zero-order valence-electron chi connectivity index (χ0n) is 10.6. The molecule has 0 radical (unpaired) electrons. The van der Waals surface area contributed by atoms with Crippen molar-refractivity contribution in [3.05, 3.63) is 35.9 Å². The van der Waals surface area contributed by atoms with Crippen molar-refractivity contribution in [1.29, 1.82) is 0 Å². The molecule has 0 N–H and O–H groups in total. The smallest absolute Gasteiger partial charge is 0.312 e. The van der Waals surface area contributed by atoms with Gasteiger partial charge in [0, 0.05) is 5.92 Å². The summed E-state index contributed by atoms with van der Waals surface area (Å²) in [5.74, 6) is 0.369. The summed E-state index contributed by atoms with van der Waals surface area (Å²) in [6.07, 6.45) is 3.54. The molecule has 2 nitrogen and oxygen atoms in total. The molecule has 3 atom stereocenters. The second kappa shape index (κ2) is 5.35. The highest BCUT2D eigenvalue weighted by molar-refractivity contribution is 5.78. The molecule has 0 saturated carbocycles. The summed E-state index contributed by atoms with van der Waals surface area (Å²) in [5, 5.41) is 0. The normalized spacial score (nSPS) is 24.9. The van der Waals surface area contributed by atoms with Gasteiger partial charge in [-0.2, -0.15) is 0 Å². The van der Waals surface area contributed by atoms with Crippen LogP contribution in [0.3, 0.4) is 0 Å². The van der Waals surface area contributed by atoms with Gasteiger partial charge in [-0.1, -0.05) is 50.1 Å². The Hall–Kier alpha value is -1.31. The number of carbonyl (C=O) groups is 1. The number of hydrogen-bond acceptors (Lipinski definition) is 2. The van der Waals surface area contributed by atoms with Crippen LogP contribution in [-0.2, 0) is 9.53 Å². The van der Waals surface area contributed by atoms with E-state index >= 15 is 0 Å². The topological polar surface area (TPSA) is 26.3 Å². The molecule has 1 heterocycles. The van der Waals surface area contributed by atoms with Crippen molar-refractivity contribution < 1.29 is 9.53 Å². The standard InChI is InChI=1S/C15H20O2/c1-3-4-10-13(12-8-6-5-7-9-12)14-11(2)15(16)17-14/h5-9,11,13-14H,3-4,10H2,1-2H3/t11-,13+,14-/m1/s1. The first-order valence-electron chi connectivity index (χ1n) is 6.49. The summed E-state index contributed by atoms with van der Waals surface area (Å²) in [7, 11) is 0. The van der Waals surface area contributed by atoms with Crippen molar-refractivity contribution in [2.45, 2.75) is 45.1 Å². The molecule has 17 heavy (non-hydrogen) atoms. The maximum Gasteiger partial charge on any atom is 0.312 e. The van der Waals surface area contributed by atoms with E-state index in [1.54, 1.807) is 0 Å². The molecule has 0 amide bonds. The zero-order chi connectivity index (χ0) is 12.3. The summed E-state index contributed by atoms with van der Waals surface area (Å²) in [6.45, 7) is 4.16. The predicted octanol–water partition coefficient (Wildman–Crippen LogP) is 3.52. The maximum absolute atomic E-state index is 11.2. The van der Waals surface area contributed by atoms with Crippen LogP contribution in [0.1, 0.15) is 44.6 Å². The van der Waals surface area contributed by atoms with Crippen molar-refractivity contribution >= 4 is 5.97 Å². The van der Waals surface area contributed by atoms with Crippen molar-refractivity contribution in [3.63, 3.8) is 0 Å². The maximum atomic E-state index is 11.2. The lowest BCUT2D eigenvalue weighted by Gasteiger charge is -2.38. The van der Waals surface area contributed by atoms with Gasteiger partial charge >= 0.3 is 5.97 Å². The molecule has 0 unspecified atom stereocenters. The molecule has 0 aromatic heterocycles. The summed E-state index contributed by atoms with van der Waals surface area (Å²) in [5.41, 5.74) is 1.30. The van der Waals surface area contributed by atoms with Crippen LogP contribution in [0.15, 0.2) is 30.3 Å². The first-order valence-corrected chi connectivity index (χ1v) is 6.49. The van der Waals surface area contributed by atoms with Crippen LogP contribution >= 0.6 is 0 Å². The molecule has 0 spiro atoms. The van der Waals surface area contributed by atoms with Crippen LogP contribution in [0, 0.1) is 5.92 Å². The van der Waals surface area contributed by atoms with E-state index in [-0.39, 0.29) is 18.0 Å². The van der Waals surface area contributed by atoms with Crippen molar-refractivity contribution in [3.8, 4) is 0 Å². The Bertz CT molecular complexity index is 372. The van der Waals surface area contributed by atoms with Gasteiger partial charge in [0.15, 0.2) is 0 Å². The molecule has 1 aromatic rings. The van der Waals surface area contributed by atoms with Crippen molar-refractivity contribution in [2.24, 2.45) is 5.92 Å². The van der Waals surface area contributed by atoms with Gasteiger partial charge in [-0.3, -0.25) is 4.79 Å². The average Bonchev–Trinajstić information content (AvgIpc) is 2.39. The average molecular weight is 232 g/mol. The Kier molecular flexibility index (Phi) is 3.82. The summed E-state index contributed by atoms with van der Waals surface area (Å²) in [6, 6.07) is 10.4. The number of esters is 1. The monoisotopic (exact) mass is 232 g/mol. The Morgan fingerprint density at radius 1 is 1.29 bits per heavy atom. The summed E-state index contributed by atoms with van der Waals surface area (Å²) in [4.78, 5) is 11.2. The Morgan fingerprint density at radius 3 is 2.53 bits per heavy atom. The van der Waals surface area contributed by atoms with Crippen LogP contribution in [0.25, 0.3) is 0 Å². The number of unbranched alkanes of at least 4 members (excludes halogenated alkanes) is 1. The molecule has 92 valence electrons. The lowest BCUT2D eigenvalue weighted by atomic mass is 9.80. The Morgan fingerprint density at radius 2 is 2.00 bits per heavy atom. The molecule has 0 aliphatic carbocycles. The van der Waals surface area contributed by atoms with Crippen LogP contribution in [0.4, 0.5) is 0 Å². The highest BCUT2D eigenvalue weighted by Gasteiger charge is 2.43. The lowest BCUT2D eigenvalue weighted by molar-refractivity contribution is -0.185. The number of hydrogen-bond donors (Lipinski definition) is 0. The van der Waals surface area contributed by atoms with Gasteiger partial charge in [0.25, 0.3) is 0 Å². The molecule has 0 bridgehead atoms. The Balaban J connectivity index is 2.11. The van der Waals surface area contributed by atoms with Gasteiger partial charge in [-0.05, 0) is 18.9 Å². The third kappa shape index (κ3) is 2.51. The van der Waals surface area contributed by atoms with E-state index in [4.69, 9.17) is 4.74 Å². The largest absolute Gasteiger partial charge is 0.461 e. The molecule has 1 saturated heterocycles. The van der Waals surface area contributed by atoms with Crippen LogP contribution in [-0.4, -0.2) is 12.1 Å². The third-order valence-corrected chi connectivity index (χ3v) is 3.61. The van der Waals surface area contributed by atoms with Crippen LogP contribution < -0.4 is 0 Å². The number of ether oxygens (including phenoxy) is 1. The summed E-state index contributed by atoms with van der Waals surface area (Å²) < 4.78 is 5.33. The first kappa shape index (κ1) is 12.2. The first-order chi connectivity index (χ1) is 8.24. The van der Waals surface area contributed by atoms with Crippen LogP contribution in [0.2, 0.25) is 0 Å². The van der Waals surface area contributed by atoms with E-state index in [9.17, 15) is 4.79 Å². The number of rotatable bonds is 5. The molecule has 1 aliphatic heterocycles. The quantitative estimate of drug-likeness (QED) is 0.726. The van der Waals surface area contributed by atoms with Gasteiger partial charge in [-0.25, -0.2) is 0 Å². The van der Waals surface area contributed by atoms with E-state index in [0.29, 0.717) is 5.92 Å². The molecular formula is C15H20O2. The lowest BCUT2D eigenvalue weighted by Crippen LogP contribution is -2.46. The van der Waals surface area contributed by atoms with Crippen molar-refractivity contribution in [2.75, 3.05) is 0 Å². The van der Waals surface area contributed by atoms with Gasteiger partial charge < -0.3 is 4.74 Å². The van der Waals surface area contributed by atoms with E-state index in [0.717, 1.165) is 6.42 Å². The fraction of sp³-hybridized carbons (Fsp3) is 0.533. The summed E-state index contributed by atoms with van der Waals surface area (Å²) >= 11 is 0. The Labute approximate surface area is 103 Å². The van der Waals surface area contributed by atoms with E-state index < -0.39 is 0 Å². The minimum absolute atomic E-state index is 0.0487. The van der Waals surface area contributed by atoms with Crippen LogP contribution in [0.5, 0.6) is 0 Å². The predicted molar refractivity (Wildman–Crippen MR) is 67.8 cm³/mol. The molecule has 1 aromatic carbocycles. The number of benzene rings is 1. The molecule has 2 rings (SSSR count). The van der Waals surface area contributed by atoms with Gasteiger partial charge in [-0.15, -0.1) is 0 Å². The second-order valence-corrected chi connectivity index (χ2v) is 4.85. The fourth-order valence-corrected chi connectivity index (χ4v) is 2.48. The molecule has 1 aliphatic rings. The fourth-order valence-electron chi connectivity index (χ4n) is 2.48. The van der Waals surface area contributed by atoms with Crippen molar-refractivity contribution in [1.82, 2.24) is 0 Å². The van der Waals surface area contributed by atoms with Gasteiger partial charge in [0.05, 0.1) is 5.92 Å². The van der Waals surface area contributed by atoms with E-state index in [1.165, 1.54) is 18.4 Å². The third-order valence-electron chi connectivity index (χ3n) is 3.61. The highest BCUT2D eigenvalue weighted by atomic mass is 16.6. The molecule has 2 heteroatoms. The number of carbonyl (C=O) groups excluding carboxylic acids is 1. The SMILES string of the molecule is CCCC[C@@H](c1ccccc1)[C@@H]1OC(=O)[C@@H]1C. The molecular weight excluding hydrogens is 212 g/mol. The minimum Gasteiger partial charge on any atom is -0.461 e. The highest BCUT2D eigenvalue weighted by Crippen LogP contribution is 2.37.